The Morgan fingerprint density at radius 3 is 2.56 bits per heavy atom. The minimum atomic E-state index is -0.507. The topological polar surface area (TPSA) is 69.3 Å². The summed E-state index contributed by atoms with van der Waals surface area (Å²) in [6.45, 7) is 6.30. The Balaban J connectivity index is 1.32. The number of carbonyl (C=O) groups is 1. The van der Waals surface area contributed by atoms with Gasteiger partial charge in [0, 0.05) is 44.5 Å². The summed E-state index contributed by atoms with van der Waals surface area (Å²) in [6.07, 6.45) is 1.70. The maximum Gasteiger partial charge on any atom is 0.272 e. The molecule has 2 heterocycles. The molecule has 1 aliphatic carbocycles. The van der Waals surface area contributed by atoms with Gasteiger partial charge in [-0.3, -0.25) is 14.5 Å². The first kappa shape index (κ1) is 20.8. The van der Waals surface area contributed by atoms with E-state index >= 15 is 0 Å². The van der Waals surface area contributed by atoms with Crippen LogP contribution in [-0.2, 0) is 6.42 Å². The number of piperazine rings is 1. The number of rotatable bonds is 5. The number of hydrogen-bond donors (Lipinski definition) is 1. The lowest BCUT2D eigenvalue weighted by molar-refractivity contribution is 0.0625. The molecular weight excluding hydrogens is 407 g/mol. The van der Waals surface area contributed by atoms with Crippen LogP contribution in [0.3, 0.4) is 0 Å². The second kappa shape index (κ2) is 8.47. The molecule has 32 heavy (non-hydrogen) atoms. The fraction of sp³-hybridized carbons (Fsp3) is 0.400. The maximum absolute atomic E-state index is 14.6. The quantitative estimate of drug-likeness (QED) is 0.670. The van der Waals surface area contributed by atoms with Gasteiger partial charge in [0.15, 0.2) is 0 Å². The summed E-state index contributed by atoms with van der Waals surface area (Å²) < 4.78 is 14.6. The van der Waals surface area contributed by atoms with E-state index in [1.165, 1.54) is 12.5 Å². The van der Waals surface area contributed by atoms with E-state index in [1.54, 1.807) is 29.2 Å². The number of H-pyrrole nitrogens is 1. The SMILES string of the molecule is CC1CC1CN1CCN(C(=O)c2cc(Cc3n[nH]c(=O)c4ccccc34)ccc2F)CC1. The highest BCUT2D eigenvalue weighted by atomic mass is 19.1. The molecule has 7 heteroatoms. The van der Waals surface area contributed by atoms with Gasteiger partial charge in [-0.25, -0.2) is 9.49 Å². The van der Waals surface area contributed by atoms with E-state index in [2.05, 4.69) is 22.0 Å². The van der Waals surface area contributed by atoms with Gasteiger partial charge in [-0.15, -0.1) is 0 Å². The molecule has 2 unspecified atom stereocenters. The highest BCUT2D eigenvalue weighted by molar-refractivity contribution is 5.95. The first-order chi connectivity index (χ1) is 15.5. The number of benzene rings is 2. The number of aromatic nitrogens is 2. The van der Waals surface area contributed by atoms with Crippen molar-refractivity contribution < 1.29 is 9.18 Å². The van der Waals surface area contributed by atoms with Crippen LogP contribution in [0, 0.1) is 17.7 Å². The van der Waals surface area contributed by atoms with Crippen LogP contribution in [0.1, 0.15) is 35.0 Å². The van der Waals surface area contributed by atoms with Gasteiger partial charge in [-0.2, -0.15) is 5.10 Å². The summed E-state index contributed by atoms with van der Waals surface area (Å²) in [5.41, 5.74) is 1.32. The predicted molar refractivity (Wildman–Crippen MR) is 121 cm³/mol. The summed E-state index contributed by atoms with van der Waals surface area (Å²) in [5, 5.41) is 8.05. The molecule has 1 N–H and O–H groups in total. The lowest BCUT2D eigenvalue weighted by atomic mass is 10.0. The highest BCUT2D eigenvalue weighted by Gasteiger charge is 2.35. The van der Waals surface area contributed by atoms with Gasteiger partial charge in [0.2, 0.25) is 0 Å². The maximum atomic E-state index is 14.6. The first-order valence-corrected chi connectivity index (χ1v) is 11.3. The number of nitrogens with one attached hydrogen (secondary N) is 1. The molecule has 2 aromatic carbocycles. The van der Waals surface area contributed by atoms with E-state index < -0.39 is 5.82 Å². The van der Waals surface area contributed by atoms with Crippen molar-refractivity contribution in [1.29, 1.82) is 0 Å². The zero-order valence-electron chi connectivity index (χ0n) is 18.2. The van der Waals surface area contributed by atoms with Gasteiger partial charge in [0.05, 0.1) is 16.6 Å². The summed E-state index contributed by atoms with van der Waals surface area (Å²) in [4.78, 5) is 29.3. The Kier molecular flexibility index (Phi) is 5.51. The molecule has 3 aromatic rings. The minimum Gasteiger partial charge on any atom is -0.336 e. The molecule has 166 valence electrons. The van der Waals surface area contributed by atoms with Crippen molar-refractivity contribution in [2.75, 3.05) is 32.7 Å². The number of aromatic amines is 1. The van der Waals surface area contributed by atoms with E-state index in [9.17, 15) is 14.0 Å². The lowest BCUT2D eigenvalue weighted by Crippen LogP contribution is -2.49. The van der Waals surface area contributed by atoms with Crippen molar-refractivity contribution in [3.63, 3.8) is 0 Å². The van der Waals surface area contributed by atoms with E-state index in [0.717, 1.165) is 42.4 Å². The molecule has 6 nitrogen and oxygen atoms in total. The molecule has 2 aliphatic rings. The molecular formula is C25H27FN4O2. The van der Waals surface area contributed by atoms with Crippen LogP contribution < -0.4 is 5.56 Å². The van der Waals surface area contributed by atoms with Crippen molar-refractivity contribution in [1.82, 2.24) is 20.0 Å². The largest absolute Gasteiger partial charge is 0.336 e. The van der Waals surface area contributed by atoms with Crippen LogP contribution >= 0.6 is 0 Å². The Labute approximate surface area is 186 Å². The van der Waals surface area contributed by atoms with Crippen LogP contribution in [0.15, 0.2) is 47.3 Å². The van der Waals surface area contributed by atoms with Gasteiger partial charge in [-0.1, -0.05) is 31.2 Å². The third-order valence-corrected chi connectivity index (χ3v) is 6.84. The van der Waals surface area contributed by atoms with Crippen molar-refractivity contribution in [3.05, 3.63) is 75.5 Å². The van der Waals surface area contributed by atoms with E-state index in [-0.39, 0.29) is 17.0 Å². The van der Waals surface area contributed by atoms with Crippen molar-refractivity contribution >= 4 is 16.7 Å². The van der Waals surface area contributed by atoms with Crippen LogP contribution in [0.25, 0.3) is 10.8 Å². The highest BCUT2D eigenvalue weighted by Crippen LogP contribution is 2.38. The number of halogens is 1. The average molecular weight is 435 g/mol. The van der Waals surface area contributed by atoms with Crippen LogP contribution in [0.4, 0.5) is 4.39 Å². The van der Waals surface area contributed by atoms with Crippen molar-refractivity contribution in [2.45, 2.75) is 19.8 Å². The number of carbonyl (C=O) groups excluding carboxylic acids is 1. The zero-order valence-corrected chi connectivity index (χ0v) is 18.2. The van der Waals surface area contributed by atoms with E-state index in [1.807, 2.05) is 12.1 Å². The average Bonchev–Trinajstić information content (AvgIpc) is 3.51. The van der Waals surface area contributed by atoms with Crippen molar-refractivity contribution in [3.8, 4) is 0 Å². The number of nitrogens with zero attached hydrogens (tertiary/aromatic N) is 3. The smallest absolute Gasteiger partial charge is 0.272 e. The molecule has 5 rings (SSSR count). The van der Waals surface area contributed by atoms with Crippen molar-refractivity contribution in [2.24, 2.45) is 11.8 Å². The van der Waals surface area contributed by atoms with Gasteiger partial charge < -0.3 is 4.90 Å². The molecule has 0 spiro atoms. The summed E-state index contributed by atoms with van der Waals surface area (Å²) in [7, 11) is 0. The third kappa shape index (κ3) is 4.17. The third-order valence-electron chi connectivity index (χ3n) is 6.84. The molecule has 1 saturated heterocycles. The number of fused-ring (bicyclic) bond motifs is 1. The summed E-state index contributed by atoms with van der Waals surface area (Å²) in [6, 6.07) is 11.9. The molecule has 1 amide bonds. The van der Waals surface area contributed by atoms with Gasteiger partial charge in [-0.05, 0) is 42.0 Å². The second-order valence-electron chi connectivity index (χ2n) is 9.10. The predicted octanol–water partition coefficient (Wildman–Crippen LogP) is 3.07. The Morgan fingerprint density at radius 2 is 1.84 bits per heavy atom. The molecule has 1 saturated carbocycles. The normalized spacial score (nSPS) is 21.1. The van der Waals surface area contributed by atoms with Crippen LogP contribution in [-0.4, -0.2) is 58.6 Å². The fourth-order valence-corrected chi connectivity index (χ4v) is 4.63. The summed E-state index contributed by atoms with van der Waals surface area (Å²) >= 11 is 0. The van der Waals surface area contributed by atoms with Crippen LogP contribution in [0.5, 0.6) is 0 Å². The Hall–Kier alpha value is -3.06. The standard InChI is InChI=1S/C25H27FN4O2/c1-16-12-18(16)15-29-8-10-30(11-9-29)25(32)21-13-17(6-7-22(21)26)14-23-19-4-2-3-5-20(19)24(31)28-27-23/h2-7,13,16,18H,8-12,14-15H2,1H3,(H,28,31). The summed E-state index contributed by atoms with van der Waals surface area (Å²) in [5.74, 6) is 0.847. The lowest BCUT2D eigenvalue weighted by Gasteiger charge is -2.35. The Morgan fingerprint density at radius 1 is 1.12 bits per heavy atom. The zero-order chi connectivity index (χ0) is 22.2. The van der Waals surface area contributed by atoms with E-state index in [4.69, 9.17) is 0 Å². The fourth-order valence-electron chi connectivity index (χ4n) is 4.63. The Bertz CT molecular complexity index is 1220. The van der Waals surface area contributed by atoms with Crippen LogP contribution in [0.2, 0.25) is 0 Å². The van der Waals surface area contributed by atoms with Gasteiger partial charge in [0.1, 0.15) is 5.82 Å². The molecule has 0 radical (unpaired) electrons. The number of hydrogen-bond acceptors (Lipinski definition) is 4. The molecule has 2 atom stereocenters. The minimum absolute atomic E-state index is 0.0977. The first-order valence-electron chi connectivity index (χ1n) is 11.3. The second-order valence-corrected chi connectivity index (χ2v) is 9.10. The monoisotopic (exact) mass is 434 g/mol. The van der Waals surface area contributed by atoms with E-state index in [0.29, 0.717) is 30.6 Å². The van der Waals surface area contributed by atoms with Gasteiger partial charge in [0.25, 0.3) is 11.5 Å². The molecule has 1 aliphatic heterocycles. The van der Waals surface area contributed by atoms with Gasteiger partial charge >= 0.3 is 0 Å². The molecule has 2 fully saturated rings. The number of amides is 1. The molecule has 1 aromatic heterocycles. The molecule has 0 bridgehead atoms.